The molecule has 2 amide bonds. The second-order valence-electron chi connectivity index (χ2n) is 7.50. The van der Waals surface area contributed by atoms with Crippen molar-refractivity contribution in [3.63, 3.8) is 0 Å². The topological polar surface area (TPSA) is 124 Å². The number of hydrogen-bond acceptors (Lipinski definition) is 6. The van der Waals surface area contributed by atoms with Crippen LogP contribution < -0.4 is 15.4 Å². The molecule has 36 heavy (non-hydrogen) atoms. The number of nitro groups is 1. The standard InChI is InChI=1S/C23H17F3N6O4/c1-31-12-20(28-13-31)19-11-17(7-8-27-19)36-16-4-2-3-14(9-16)29-22(33)30-15-5-6-21(32(34)35)18(10-15)23(24,25)26/h2-13H,1H3,(H2,29,30,33). The summed E-state index contributed by atoms with van der Waals surface area (Å²) >= 11 is 0. The molecule has 4 rings (SSSR count). The summed E-state index contributed by atoms with van der Waals surface area (Å²) in [6, 6.07) is 11.0. The third-order valence-corrected chi connectivity index (χ3v) is 4.78. The minimum atomic E-state index is -4.97. The number of benzene rings is 2. The molecule has 2 heterocycles. The van der Waals surface area contributed by atoms with Gasteiger partial charge in [-0.05, 0) is 30.3 Å². The predicted octanol–water partition coefficient (Wildman–Crippen LogP) is 5.85. The van der Waals surface area contributed by atoms with Gasteiger partial charge in [-0.15, -0.1) is 0 Å². The molecule has 0 atom stereocenters. The fourth-order valence-corrected chi connectivity index (χ4v) is 3.23. The molecular formula is C23H17F3N6O4. The number of ether oxygens (including phenoxy) is 1. The van der Waals surface area contributed by atoms with Gasteiger partial charge in [-0.3, -0.25) is 15.1 Å². The van der Waals surface area contributed by atoms with Crippen molar-refractivity contribution in [2.24, 2.45) is 7.05 Å². The fourth-order valence-electron chi connectivity index (χ4n) is 3.23. The molecule has 0 aliphatic heterocycles. The Balaban J connectivity index is 1.45. The second kappa shape index (κ2) is 9.74. The lowest BCUT2D eigenvalue weighted by atomic mass is 10.1. The van der Waals surface area contributed by atoms with Gasteiger partial charge in [0, 0.05) is 49.0 Å². The molecule has 0 saturated heterocycles. The Morgan fingerprint density at radius 1 is 1.00 bits per heavy atom. The Bertz CT molecular complexity index is 1440. The van der Waals surface area contributed by atoms with Crippen LogP contribution in [-0.4, -0.2) is 25.5 Å². The molecule has 2 aromatic carbocycles. The highest BCUT2D eigenvalue weighted by atomic mass is 19.4. The van der Waals surface area contributed by atoms with Crippen molar-refractivity contribution in [1.82, 2.24) is 14.5 Å². The van der Waals surface area contributed by atoms with Gasteiger partial charge in [0.05, 0.1) is 16.9 Å². The molecular weight excluding hydrogens is 481 g/mol. The number of aryl methyl sites for hydroxylation is 1. The first kappa shape index (κ1) is 24.2. The Kier molecular flexibility index (Phi) is 6.54. The number of amides is 2. The van der Waals surface area contributed by atoms with Crippen LogP contribution in [-0.2, 0) is 13.2 Å². The molecule has 0 bridgehead atoms. The Hall–Kier alpha value is -4.94. The summed E-state index contributed by atoms with van der Waals surface area (Å²) in [5, 5.41) is 15.6. The van der Waals surface area contributed by atoms with Crippen LogP contribution in [0.1, 0.15) is 5.56 Å². The van der Waals surface area contributed by atoms with Crippen molar-refractivity contribution in [3.05, 3.63) is 89.0 Å². The number of aromatic nitrogens is 3. The maximum atomic E-state index is 13.2. The fraction of sp³-hybridized carbons (Fsp3) is 0.0870. The molecule has 0 unspecified atom stereocenters. The molecule has 10 nitrogen and oxygen atoms in total. The molecule has 0 radical (unpaired) electrons. The van der Waals surface area contributed by atoms with Crippen molar-refractivity contribution >= 4 is 23.1 Å². The monoisotopic (exact) mass is 498 g/mol. The number of pyridine rings is 1. The van der Waals surface area contributed by atoms with E-state index in [4.69, 9.17) is 4.74 Å². The van der Waals surface area contributed by atoms with Gasteiger partial charge in [0.2, 0.25) is 0 Å². The van der Waals surface area contributed by atoms with E-state index in [1.165, 1.54) is 6.07 Å². The summed E-state index contributed by atoms with van der Waals surface area (Å²) < 4.78 is 47.1. The van der Waals surface area contributed by atoms with Crippen LogP contribution in [0.25, 0.3) is 11.4 Å². The number of anilines is 2. The normalized spacial score (nSPS) is 11.1. The van der Waals surface area contributed by atoms with E-state index in [-0.39, 0.29) is 5.69 Å². The molecule has 0 aliphatic carbocycles. The van der Waals surface area contributed by atoms with Crippen molar-refractivity contribution < 1.29 is 27.6 Å². The average molecular weight is 498 g/mol. The molecule has 2 N–H and O–H groups in total. The van der Waals surface area contributed by atoms with Crippen molar-refractivity contribution in [2.75, 3.05) is 10.6 Å². The van der Waals surface area contributed by atoms with Gasteiger partial charge in [-0.25, -0.2) is 9.78 Å². The van der Waals surface area contributed by atoms with Gasteiger partial charge in [0.25, 0.3) is 5.69 Å². The highest BCUT2D eigenvalue weighted by molar-refractivity contribution is 6.00. The number of alkyl halides is 3. The number of rotatable bonds is 6. The summed E-state index contributed by atoms with van der Waals surface area (Å²) in [5.41, 5.74) is -1.29. The number of halogens is 3. The third-order valence-electron chi connectivity index (χ3n) is 4.78. The highest BCUT2D eigenvalue weighted by Crippen LogP contribution is 2.37. The summed E-state index contributed by atoms with van der Waals surface area (Å²) in [6.07, 6.45) is 0.0448. The molecule has 184 valence electrons. The molecule has 13 heteroatoms. The van der Waals surface area contributed by atoms with Gasteiger partial charge >= 0.3 is 12.2 Å². The van der Waals surface area contributed by atoms with Crippen molar-refractivity contribution in [2.45, 2.75) is 6.18 Å². The summed E-state index contributed by atoms with van der Waals surface area (Å²) in [5.74, 6) is 0.846. The lowest BCUT2D eigenvalue weighted by Gasteiger charge is -2.12. The van der Waals surface area contributed by atoms with Crippen LogP contribution in [0.3, 0.4) is 0 Å². The number of carbonyl (C=O) groups excluding carboxylic acids is 1. The number of nitro benzene ring substituents is 1. The van der Waals surface area contributed by atoms with Gasteiger partial charge in [-0.1, -0.05) is 6.07 Å². The van der Waals surface area contributed by atoms with E-state index in [9.17, 15) is 28.1 Å². The lowest BCUT2D eigenvalue weighted by Crippen LogP contribution is -2.20. The van der Waals surface area contributed by atoms with E-state index in [1.54, 1.807) is 53.6 Å². The van der Waals surface area contributed by atoms with Gasteiger partial charge in [0.1, 0.15) is 22.8 Å². The largest absolute Gasteiger partial charge is 0.457 e. The number of nitrogens with one attached hydrogen (secondary N) is 2. The quantitative estimate of drug-likeness (QED) is 0.254. The smallest absolute Gasteiger partial charge is 0.423 e. The Labute approximate surface area is 201 Å². The molecule has 2 aromatic heterocycles. The molecule has 0 saturated carbocycles. The van der Waals surface area contributed by atoms with Gasteiger partial charge in [0.15, 0.2) is 0 Å². The van der Waals surface area contributed by atoms with Crippen LogP contribution in [0.15, 0.2) is 73.3 Å². The van der Waals surface area contributed by atoms with Crippen LogP contribution in [0.5, 0.6) is 11.5 Å². The number of urea groups is 1. The third kappa shape index (κ3) is 5.75. The molecule has 0 aliphatic rings. The van der Waals surface area contributed by atoms with Gasteiger partial charge in [-0.2, -0.15) is 13.2 Å². The lowest BCUT2D eigenvalue weighted by molar-refractivity contribution is -0.388. The van der Waals surface area contributed by atoms with Crippen LogP contribution in [0, 0.1) is 10.1 Å². The second-order valence-corrected chi connectivity index (χ2v) is 7.50. The number of nitrogens with zero attached hydrogens (tertiary/aromatic N) is 4. The van der Waals surface area contributed by atoms with Gasteiger partial charge < -0.3 is 19.9 Å². The zero-order chi connectivity index (χ0) is 25.9. The minimum Gasteiger partial charge on any atom is -0.457 e. The Morgan fingerprint density at radius 2 is 1.72 bits per heavy atom. The average Bonchev–Trinajstić information content (AvgIpc) is 3.25. The highest BCUT2D eigenvalue weighted by Gasteiger charge is 2.38. The zero-order valence-corrected chi connectivity index (χ0v) is 18.5. The van der Waals surface area contributed by atoms with E-state index >= 15 is 0 Å². The maximum absolute atomic E-state index is 13.2. The number of imidazole rings is 1. The van der Waals surface area contributed by atoms with Crippen LogP contribution in [0.4, 0.5) is 35.0 Å². The molecule has 4 aromatic rings. The predicted molar refractivity (Wildman–Crippen MR) is 124 cm³/mol. The maximum Gasteiger partial charge on any atom is 0.423 e. The molecule has 0 spiro atoms. The van der Waals surface area contributed by atoms with E-state index in [0.29, 0.717) is 40.7 Å². The number of hydrogen-bond donors (Lipinski definition) is 2. The van der Waals surface area contributed by atoms with Crippen LogP contribution >= 0.6 is 0 Å². The SMILES string of the molecule is Cn1cnc(-c2cc(Oc3cccc(NC(=O)Nc4ccc([N+](=O)[O-])c(C(F)(F)F)c4)c3)ccn2)c1. The first-order valence-electron chi connectivity index (χ1n) is 10.2. The Morgan fingerprint density at radius 3 is 2.39 bits per heavy atom. The van der Waals surface area contributed by atoms with Crippen molar-refractivity contribution in [3.8, 4) is 22.9 Å². The summed E-state index contributed by atoms with van der Waals surface area (Å²) in [4.78, 5) is 30.6. The van der Waals surface area contributed by atoms with Crippen LogP contribution in [0.2, 0.25) is 0 Å². The van der Waals surface area contributed by atoms with E-state index in [1.807, 2.05) is 7.05 Å². The van der Waals surface area contributed by atoms with E-state index in [2.05, 4.69) is 20.6 Å². The first-order chi connectivity index (χ1) is 17.1. The zero-order valence-electron chi connectivity index (χ0n) is 18.5. The first-order valence-corrected chi connectivity index (χ1v) is 10.2. The summed E-state index contributed by atoms with van der Waals surface area (Å²) in [7, 11) is 1.84. The summed E-state index contributed by atoms with van der Waals surface area (Å²) in [6.45, 7) is 0. The van der Waals surface area contributed by atoms with E-state index in [0.717, 1.165) is 6.07 Å². The number of carbonyl (C=O) groups is 1. The van der Waals surface area contributed by atoms with Crippen molar-refractivity contribution in [1.29, 1.82) is 0 Å². The minimum absolute atomic E-state index is 0.267. The van der Waals surface area contributed by atoms with E-state index < -0.39 is 28.4 Å². The molecule has 0 fully saturated rings.